The van der Waals surface area contributed by atoms with Gasteiger partial charge in [0.1, 0.15) is 0 Å². The third-order valence-electron chi connectivity index (χ3n) is 2.13. The molecule has 1 rings (SSSR count). The first-order valence-corrected chi connectivity index (χ1v) is 7.43. The molecule has 0 saturated carbocycles. The van der Waals surface area contributed by atoms with E-state index in [1.165, 1.54) is 18.7 Å². The molecular weight excluding hydrogens is 316 g/mol. The van der Waals surface area contributed by atoms with Gasteiger partial charge in [-0.25, -0.2) is 0 Å². The van der Waals surface area contributed by atoms with E-state index in [2.05, 4.69) is 10.9 Å². The van der Waals surface area contributed by atoms with Crippen molar-refractivity contribution in [2.24, 2.45) is 0 Å². The van der Waals surface area contributed by atoms with Gasteiger partial charge in [-0.1, -0.05) is 11.6 Å². The molecule has 2 amide bonds. The molecule has 0 aliphatic rings. The summed E-state index contributed by atoms with van der Waals surface area (Å²) in [5, 5.41) is 0.656. The zero-order chi connectivity index (χ0) is 15.7. The third-order valence-corrected chi connectivity index (χ3v) is 3.40. The highest BCUT2D eigenvalue weighted by atomic mass is 35.5. The molecule has 0 bridgehead atoms. The van der Waals surface area contributed by atoms with Gasteiger partial charge < -0.3 is 4.74 Å². The Bertz CT molecular complexity index is 507. The van der Waals surface area contributed by atoms with Crippen LogP contribution in [-0.2, 0) is 19.1 Å². The molecule has 1 aromatic carbocycles. The van der Waals surface area contributed by atoms with Gasteiger partial charge >= 0.3 is 5.97 Å². The van der Waals surface area contributed by atoms with Gasteiger partial charge in [0.15, 0.2) is 6.61 Å². The largest absolute Gasteiger partial charge is 0.455 e. The van der Waals surface area contributed by atoms with Crippen LogP contribution >= 0.6 is 23.4 Å². The van der Waals surface area contributed by atoms with E-state index >= 15 is 0 Å². The van der Waals surface area contributed by atoms with Crippen molar-refractivity contribution in [1.82, 2.24) is 10.9 Å². The van der Waals surface area contributed by atoms with E-state index in [0.29, 0.717) is 10.8 Å². The van der Waals surface area contributed by atoms with Gasteiger partial charge in [0.2, 0.25) is 5.91 Å². The van der Waals surface area contributed by atoms with Crippen molar-refractivity contribution in [1.29, 1.82) is 0 Å². The number of hydrogen-bond donors (Lipinski definition) is 2. The number of benzene rings is 1. The van der Waals surface area contributed by atoms with Crippen LogP contribution in [0.15, 0.2) is 29.2 Å². The van der Waals surface area contributed by atoms with Crippen molar-refractivity contribution in [3.05, 3.63) is 29.3 Å². The number of rotatable bonds is 6. The Hall–Kier alpha value is -1.73. The summed E-state index contributed by atoms with van der Waals surface area (Å²) in [7, 11) is 0. The number of carbonyl (C=O) groups excluding carboxylic acids is 3. The van der Waals surface area contributed by atoms with Gasteiger partial charge in [-0.3, -0.25) is 25.2 Å². The molecule has 8 heteroatoms. The SMILES string of the molecule is CC(=O)NNC(=O)COC(=O)CCSc1ccc(Cl)cc1. The summed E-state index contributed by atoms with van der Waals surface area (Å²) in [6.45, 7) is 0.824. The van der Waals surface area contributed by atoms with Crippen molar-refractivity contribution in [3.8, 4) is 0 Å². The number of amides is 2. The number of nitrogens with one attached hydrogen (secondary N) is 2. The molecule has 0 aromatic heterocycles. The number of halogens is 1. The van der Waals surface area contributed by atoms with Gasteiger partial charge in [0.05, 0.1) is 6.42 Å². The lowest BCUT2D eigenvalue weighted by Gasteiger charge is -2.06. The third kappa shape index (κ3) is 8.21. The van der Waals surface area contributed by atoms with Crippen LogP contribution in [0.1, 0.15) is 13.3 Å². The van der Waals surface area contributed by atoms with Crippen molar-refractivity contribution >= 4 is 41.1 Å². The fraction of sp³-hybridized carbons (Fsp3) is 0.308. The molecule has 0 saturated heterocycles. The topological polar surface area (TPSA) is 84.5 Å². The summed E-state index contributed by atoms with van der Waals surface area (Å²) in [5.74, 6) is -0.944. The molecule has 6 nitrogen and oxygen atoms in total. The molecule has 0 aliphatic carbocycles. The second-order valence-corrected chi connectivity index (χ2v) is 5.55. The van der Waals surface area contributed by atoms with E-state index in [-0.39, 0.29) is 6.42 Å². The average Bonchev–Trinajstić information content (AvgIpc) is 2.45. The highest BCUT2D eigenvalue weighted by molar-refractivity contribution is 7.99. The summed E-state index contributed by atoms with van der Waals surface area (Å²) < 4.78 is 4.76. The molecule has 0 spiro atoms. The van der Waals surface area contributed by atoms with Gasteiger partial charge in [-0.15, -0.1) is 11.8 Å². The van der Waals surface area contributed by atoms with E-state index in [4.69, 9.17) is 16.3 Å². The Kier molecular flexibility index (Phi) is 7.63. The first kappa shape index (κ1) is 17.3. The zero-order valence-corrected chi connectivity index (χ0v) is 12.9. The molecule has 0 unspecified atom stereocenters. The summed E-state index contributed by atoms with van der Waals surface area (Å²) in [6.07, 6.45) is 0.181. The molecule has 0 radical (unpaired) electrons. The Morgan fingerprint density at radius 3 is 2.48 bits per heavy atom. The number of thioether (sulfide) groups is 1. The Morgan fingerprint density at radius 1 is 1.19 bits per heavy atom. The average molecular weight is 331 g/mol. The smallest absolute Gasteiger partial charge is 0.307 e. The van der Waals surface area contributed by atoms with E-state index in [1.54, 1.807) is 12.1 Å². The standard InChI is InChI=1S/C13H15ClN2O4S/c1-9(17)15-16-12(18)8-20-13(19)6-7-21-11-4-2-10(14)3-5-11/h2-5H,6-8H2,1H3,(H,15,17)(H,16,18). The van der Waals surface area contributed by atoms with Gasteiger partial charge in [0.25, 0.3) is 5.91 Å². The van der Waals surface area contributed by atoms with Gasteiger partial charge in [-0.2, -0.15) is 0 Å². The van der Waals surface area contributed by atoms with Crippen LogP contribution in [0.25, 0.3) is 0 Å². The van der Waals surface area contributed by atoms with Crippen molar-refractivity contribution in [3.63, 3.8) is 0 Å². The summed E-state index contributed by atoms with van der Waals surface area (Å²) in [6, 6.07) is 7.27. The highest BCUT2D eigenvalue weighted by Gasteiger charge is 2.07. The summed E-state index contributed by atoms with van der Waals surface area (Å²) in [4.78, 5) is 34.1. The number of ether oxygens (including phenoxy) is 1. The van der Waals surface area contributed by atoms with Crippen LogP contribution in [0.3, 0.4) is 0 Å². The van der Waals surface area contributed by atoms with Crippen LogP contribution in [0.5, 0.6) is 0 Å². The summed E-state index contributed by atoms with van der Waals surface area (Å²) >= 11 is 7.25. The van der Waals surface area contributed by atoms with Crippen molar-refractivity contribution < 1.29 is 19.1 Å². The lowest BCUT2D eigenvalue weighted by Crippen LogP contribution is -2.42. The van der Waals surface area contributed by atoms with Crippen LogP contribution in [-0.4, -0.2) is 30.1 Å². The minimum Gasteiger partial charge on any atom is -0.455 e. The molecule has 114 valence electrons. The van der Waals surface area contributed by atoms with Crippen molar-refractivity contribution in [2.45, 2.75) is 18.2 Å². The number of carbonyl (C=O) groups is 3. The Labute approximate surface area is 131 Å². The molecule has 0 fully saturated rings. The zero-order valence-electron chi connectivity index (χ0n) is 11.3. The van der Waals surface area contributed by atoms with Crippen molar-refractivity contribution in [2.75, 3.05) is 12.4 Å². The fourth-order valence-electron chi connectivity index (χ4n) is 1.20. The molecule has 21 heavy (non-hydrogen) atoms. The van der Waals surface area contributed by atoms with Crippen LogP contribution in [0.2, 0.25) is 5.02 Å². The van der Waals surface area contributed by atoms with E-state index in [1.807, 2.05) is 12.1 Å². The molecule has 0 atom stereocenters. The minimum atomic E-state index is -0.594. The first-order chi connectivity index (χ1) is 9.97. The highest BCUT2D eigenvalue weighted by Crippen LogP contribution is 2.20. The number of esters is 1. The Morgan fingerprint density at radius 2 is 1.86 bits per heavy atom. The Balaban J connectivity index is 2.15. The quantitative estimate of drug-likeness (QED) is 0.469. The maximum absolute atomic E-state index is 11.4. The second kappa shape index (κ2) is 9.25. The fourth-order valence-corrected chi connectivity index (χ4v) is 2.15. The number of hydrazine groups is 1. The van der Waals surface area contributed by atoms with E-state index < -0.39 is 24.4 Å². The monoisotopic (exact) mass is 330 g/mol. The normalized spacial score (nSPS) is 9.81. The lowest BCUT2D eigenvalue weighted by molar-refractivity contribution is -0.148. The molecular formula is C13H15ClN2O4S. The lowest BCUT2D eigenvalue weighted by atomic mass is 10.4. The maximum atomic E-state index is 11.4. The van der Waals surface area contributed by atoms with Crippen LogP contribution in [0, 0.1) is 0 Å². The van der Waals surface area contributed by atoms with Crippen LogP contribution < -0.4 is 10.9 Å². The van der Waals surface area contributed by atoms with E-state index in [9.17, 15) is 14.4 Å². The summed E-state index contributed by atoms with van der Waals surface area (Å²) in [5.41, 5.74) is 4.18. The first-order valence-electron chi connectivity index (χ1n) is 6.07. The molecule has 1 aromatic rings. The molecule has 0 aliphatic heterocycles. The van der Waals surface area contributed by atoms with Gasteiger partial charge in [0, 0.05) is 22.6 Å². The predicted octanol–water partition coefficient (Wildman–Crippen LogP) is 1.53. The number of hydrogen-bond acceptors (Lipinski definition) is 5. The minimum absolute atomic E-state index is 0.181. The second-order valence-electron chi connectivity index (χ2n) is 3.94. The van der Waals surface area contributed by atoms with Crippen LogP contribution in [0.4, 0.5) is 0 Å². The molecule has 2 N–H and O–H groups in total. The predicted molar refractivity (Wildman–Crippen MR) is 79.7 cm³/mol. The van der Waals surface area contributed by atoms with E-state index in [0.717, 1.165) is 4.90 Å². The maximum Gasteiger partial charge on any atom is 0.307 e. The van der Waals surface area contributed by atoms with Gasteiger partial charge in [-0.05, 0) is 24.3 Å². The molecule has 0 heterocycles.